The molecule has 3 heterocycles. The van der Waals surface area contributed by atoms with E-state index in [1.54, 1.807) is 11.0 Å². The largest absolute Gasteiger partial charge is 0.457 e. The van der Waals surface area contributed by atoms with Crippen LogP contribution in [-0.2, 0) is 5.41 Å². The van der Waals surface area contributed by atoms with Gasteiger partial charge in [-0.3, -0.25) is 4.98 Å². The molecule has 0 bridgehead atoms. The van der Waals surface area contributed by atoms with Gasteiger partial charge >= 0.3 is 0 Å². The molecule has 0 atom stereocenters. The maximum atomic E-state index is 6.42. The van der Waals surface area contributed by atoms with Crippen LogP contribution in [0.5, 0.6) is 11.5 Å². The van der Waals surface area contributed by atoms with Gasteiger partial charge in [-0.2, -0.15) is 5.10 Å². The van der Waals surface area contributed by atoms with Crippen LogP contribution < -0.4 is 4.74 Å². The molecule has 6 aromatic rings. The smallest absolute Gasteiger partial charge is 0.138 e. The van der Waals surface area contributed by atoms with Crippen molar-refractivity contribution in [2.24, 2.45) is 0 Å². The van der Waals surface area contributed by atoms with Crippen molar-refractivity contribution >= 4 is 11.8 Å². The molecule has 7 rings (SSSR count). The summed E-state index contributed by atoms with van der Waals surface area (Å²) in [5, 5.41) is 4.24. The summed E-state index contributed by atoms with van der Waals surface area (Å²) in [6.45, 7) is 0. The standard InChI is InChI=1S/C32H22N4OS/c1-3-15-29-27(13-1)32(31-17-5-6-18-34-31,28-14-2-4-16-30(28)38-29)23-9-7-11-25(19-23)37-26-12-8-10-24(20-26)36-22-33-21-35-36/h1-22H. The third-order valence-corrected chi connectivity index (χ3v) is 8.01. The predicted molar refractivity (Wildman–Crippen MR) is 148 cm³/mol. The third kappa shape index (κ3) is 3.69. The van der Waals surface area contributed by atoms with Gasteiger partial charge < -0.3 is 4.74 Å². The fourth-order valence-corrected chi connectivity index (χ4v) is 6.47. The summed E-state index contributed by atoms with van der Waals surface area (Å²) in [6, 6.07) is 39.6. The number of fused-ring (bicyclic) bond motifs is 2. The van der Waals surface area contributed by atoms with Gasteiger partial charge in [0.05, 0.1) is 16.8 Å². The molecule has 4 aromatic carbocycles. The van der Waals surface area contributed by atoms with Crippen molar-refractivity contribution in [2.75, 3.05) is 0 Å². The van der Waals surface area contributed by atoms with E-state index in [0.29, 0.717) is 0 Å². The summed E-state index contributed by atoms with van der Waals surface area (Å²) < 4.78 is 8.13. The van der Waals surface area contributed by atoms with E-state index in [1.807, 2.05) is 54.4 Å². The highest BCUT2D eigenvalue weighted by Crippen LogP contribution is 2.55. The highest BCUT2D eigenvalue weighted by atomic mass is 32.2. The number of hydrogen-bond donors (Lipinski definition) is 0. The zero-order chi connectivity index (χ0) is 25.4. The average molecular weight is 511 g/mol. The molecule has 0 amide bonds. The molecule has 0 fully saturated rings. The first-order valence-electron chi connectivity index (χ1n) is 12.3. The molecule has 0 saturated carbocycles. The SMILES string of the molecule is c1ccc(C2(c3cccc(Oc4cccc(-n5cncn5)c4)c3)c3ccccc3Sc3ccccc32)nc1. The van der Waals surface area contributed by atoms with E-state index in [-0.39, 0.29) is 0 Å². The van der Waals surface area contributed by atoms with Crippen molar-refractivity contribution in [3.8, 4) is 17.2 Å². The van der Waals surface area contributed by atoms with Gasteiger partial charge in [0.25, 0.3) is 0 Å². The van der Waals surface area contributed by atoms with Crippen LogP contribution in [0.25, 0.3) is 5.69 Å². The second-order valence-electron chi connectivity index (χ2n) is 9.03. The molecule has 0 saturated heterocycles. The Balaban J connectivity index is 1.41. The number of aromatic nitrogens is 4. The quantitative estimate of drug-likeness (QED) is 0.243. The maximum absolute atomic E-state index is 6.42. The van der Waals surface area contributed by atoms with Gasteiger partial charge in [0.15, 0.2) is 0 Å². The molecular weight excluding hydrogens is 488 g/mol. The lowest BCUT2D eigenvalue weighted by Crippen LogP contribution is -2.34. The summed E-state index contributed by atoms with van der Waals surface area (Å²) >= 11 is 1.81. The molecule has 0 unspecified atom stereocenters. The topological polar surface area (TPSA) is 52.8 Å². The van der Waals surface area contributed by atoms with E-state index < -0.39 is 5.41 Å². The van der Waals surface area contributed by atoms with E-state index in [9.17, 15) is 0 Å². The number of rotatable bonds is 5. The molecular formula is C32H22N4OS. The van der Waals surface area contributed by atoms with Crippen LogP contribution >= 0.6 is 11.8 Å². The van der Waals surface area contributed by atoms with Crippen LogP contribution in [0.3, 0.4) is 0 Å². The Kier molecular flexibility index (Phi) is 5.52. The number of ether oxygens (including phenoxy) is 1. The Morgan fingerprint density at radius 2 is 1.39 bits per heavy atom. The second kappa shape index (κ2) is 9.32. The van der Waals surface area contributed by atoms with Gasteiger partial charge in [0.1, 0.15) is 24.2 Å². The summed E-state index contributed by atoms with van der Waals surface area (Å²) in [7, 11) is 0. The molecule has 38 heavy (non-hydrogen) atoms. The van der Waals surface area contributed by atoms with Crippen LogP contribution in [0.1, 0.15) is 22.4 Å². The van der Waals surface area contributed by atoms with Crippen molar-refractivity contribution in [1.82, 2.24) is 19.7 Å². The molecule has 0 aliphatic carbocycles. The number of pyridine rings is 1. The zero-order valence-electron chi connectivity index (χ0n) is 20.3. The van der Waals surface area contributed by atoms with Crippen molar-refractivity contribution < 1.29 is 4.74 Å². The van der Waals surface area contributed by atoms with Crippen LogP contribution in [0.15, 0.2) is 144 Å². The summed E-state index contributed by atoms with van der Waals surface area (Å²) in [6.07, 6.45) is 5.07. The normalized spacial score (nSPS) is 13.4. The van der Waals surface area contributed by atoms with E-state index >= 15 is 0 Å². The number of benzene rings is 4. The van der Waals surface area contributed by atoms with Crippen molar-refractivity contribution in [3.05, 3.63) is 156 Å². The minimum Gasteiger partial charge on any atom is -0.457 e. The van der Waals surface area contributed by atoms with Crippen molar-refractivity contribution in [3.63, 3.8) is 0 Å². The lowest BCUT2D eigenvalue weighted by Gasteiger charge is -2.40. The Hall–Kier alpha value is -4.68. The lowest BCUT2D eigenvalue weighted by atomic mass is 9.66. The van der Waals surface area contributed by atoms with Gasteiger partial charge in [-0.05, 0) is 65.2 Å². The minimum absolute atomic E-state index is 0.596. The maximum Gasteiger partial charge on any atom is 0.138 e. The molecule has 182 valence electrons. The highest BCUT2D eigenvalue weighted by molar-refractivity contribution is 7.99. The lowest BCUT2D eigenvalue weighted by molar-refractivity contribution is 0.480. The predicted octanol–water partition coefficient (Wildman–Crippen LogP) is 7.30. The fourth-order valence-electron chi connectivity index (χ4n) is 5.27. The van der Waals surface area contributed by atoms with Gasteiger partial charge in [-0.25, -0.2) is 9.67 Å². The van der Waals surface area contributed by atoms with Crippen molar-refractivity contribution in [2.45, 2.75) is 15.2 Å². The minimum atomic E-state index is -0.596. The van der Waals surface area contributed by atoms with Gasteiger partial charge in [-0.1, -0.05) is 72.4 Å². The Morgan fingerprint density at radius 1 is 0.684 bits per heavy atom. The van der Waals surface area contributed by atoms with Gasteiger partial charge in [0, 0.05) is 22.1 Å². The van der Waals surface area contributed by atoms with Crippen molar-refractivity contribution in [1.29, 1.82) is 0 Å². The zero-order valence-corrected chi connectivity index (χ0v) is 21.1. The monoisotopic (exact) mass is 510 g/mol. The van der Waals surface area contributed by atoms with E-state index in [1.165, 1.54) is 27.2 Å². The molecule has 0 spiro atoms. The molecule has 0 N–H and O–H groups in total. The van der Waals surface area contributed by atoms with Crippen LogP contribution in [0, 0.1) is 0 Å². The third-order valence-electron chi connectivity index (χ3n) is 6.85. The van der Waals surface area contributed by atoms with Crippen LogP contribution in [-0.4, -0.2) is 19.7 Å². The fraction of sp³-hybridized carbons (Fsp3) is 0.0312. The van der Waals surface area contributed by atoms with Crippen LogP contribution in [0.4, 0.5) is 0 Å². The molecule has 1 aliphatic rings. The first-order valence-corrected chi connectivity index (χ1v) is 13.2. The van der Waals surface area contributed by atoms with Gasteiger partial charge in [0.2, 0.25) is 0 Å². The van der Waals surface area contributed by atoms with E-state index in [2.05, 4.69) is 88.9 Å². The van der Waals surface area contributed by atoms with Crippen LogP contribution in [0.2, 0.25) is 0 Å². The summed E-state index contributed by atoms with van der Waals surface area (Å²) in [4.78, 5) is 11.4. The first-order chi connectivity index (χ1) is 18.8. The van der Waals surface area contributed by atoms with E-state index in [0.717, 1.165) is 28.4 Å². The van der Waals surface area contributed by atoms with E-state index in [4.69, 9.17) is 9.72 Å². The second-order valence-corrected chi connectivity index (χ2v) is 10.1. The Bertz CT molecular complexity index is 1690. The molecule has 1 aliphatic heterocycles. The first kappa shape index (κ1) is 22.5. The number of hydrogen-bond acceptors (Lipinski definition) is 5. The highest BCUT2D eigenvalue weighted by Gasteiger charge is 2.45. The Labute approximate surface area is 224 Å². The van der Waals surface area contributed by atoms with Gasteiger partial charge in [-0.15, -0.1) is 0 Å². The molecule has 0 radical (unpaired) electrons. The number of nitrogens with zero attached hydrogens (tertiary/aromatic N) is 4. The Morgan fingerprint density at radius 3 is 2.11 bits per heavy atom. The summed E-state index contributed by atoms with van der Waals surface area (Å²) in [5.41, 5.74) is 4.79. The molecule has 5 nitrogen and oxygen atoms in total. The molecule has 6 heteroatoms. The average Bonchev–Trinajstić information content (AvgIpc) is 3.52. The summed E-state index contributed by atoms with van der Waals surface area (Å²) in [5.74, 6) is 1.48. The molecule has 2 aromatic heterocycles.